The highest BCUT2D eigenvalue weighted by atomic mass is 19.1. The Morgan fingerprint density at radius 1 is 1.35 bits per heavy atom. The minimum atomic E-state index is -0.694. The average Bonchev–Trinajstić information content (AvgIpc) is 2.46. The quantitative estimate of drug-likeness (QED) is 0.366. The van der Waals surface area contributed by atoms with Crippen molar-refractivity contribution < 1.29 is 14.1 Å². The van der Waals surface area contributed by atoms with Crippen LogP contribution in [0.1, 0.15) is 16.8 Å². The fourth-order valence-corrected chi connectivity index (χ4v) is 1.79. The van der Waals surface area contributed by atoms with Gasteiger partial charge in [0.2, 0.25) is 6.04 Å². The number of ketones is 1. The van der Waals surface area contributed by atoms with E-state index in [1.54, 1.807) is 18.2 Å². The molecule has 0 saturated carbocycles. The number of hydrogen-bond donors (Lipinski definition) is 0. The smallest absolute Gasteiger partial charge is 0.235 e. The lowest BCUT2D eigenvalue weighted by molar-refractivity contribution is -0.508. The number of benzene rings is 1. The van der Waals surface area contributed by atoms with Gasteiger partial charge in [-0.15, -0.1) is 0 Å². The molecule has 2 rings (SSSR count). The van der Waals surface area contributed by atoms with Crippen molar-refractivity contribution in [3.63, 3.8) is 0 Å². The van der Waals surface area contributed by atoms with Crippen molar-refractivity contribution in [2.75, 3.05) is 0 Å². The molecule has 0 spiro atoms. The molecule has 1 unspecified atom stereocenters. The van der Waals surface area contributed by atoms with Gasteiger partial charge in [-0.1, -0.05) is 18.2 Å². The van der Waals surface area contributed by atoms with Crippen LogP contribution in [-0.2, 0) is 0 Å². The zero-order valence-corrected chi connectivity index (χ0v) is 10.5. The Kier molecular flexibility index (Phi) is 4.20. The second-order valence-corrected chi connectivity index (χ2v) is 4.36. The molecule has 0 bridgehead atoms. The normalized spacial score (nSPS) is 18.1. The third kappa shape index (κ3) is 3.47. The molecular formula is C15H12FNO3. The lowest BCUT2D eigenvalue weighted by Gasteiger charge is -2.07. The average molecular weight is 273 g/mol. The Labute approximate surface area is 115 Å². The number of rotatable bonds is 4. The molecule has 4 nitrogen and oxygen atoms in total. The molecule has 1 aromatic rings. The third-order valence-electron chi connectivity index (χ3n) is 2.93. The molecule has 5 heteroatoms. The highest BCUT2D eigenvalue weighted by Gasteiger charge is 2.17. The first-order valence-corrected chi connectivity index (χ1v) is 6.06. The standard InChI is InChI=1S/C15H12FNO3/c16-13-6-4-12(5-7-13)15(18)10-3-11-1-8-14(9-2-11)17(19)20/h1-8,10,14H,9H2/b10-3+. The summed E-state index contributed by atoms with van der Waals surface area (Å²) in [6.45, 7) is 0. The van der Waals surface area contributed by atoms with Crippen LogP contribution < -0.4 is 0 Å². The number of carbonyl (C=O) groups is 1. The molecule has 0 aromatic heterocycles. The van der Waals surface area contributed by atoms with Crippen molar-refractivity contribution in [2.45, 2.75) is 12.5 Å². The van der Waals surface area contributed by atoms with Gasteiger partial charge in [0, 0.05) is 16.9 Å². The molecule has 0 radical (unpaired) electrons. The van der Waals surface area contributed by atoms with E-state index in [-0.39, 0.29) is 10.7 Å². The van der Waals surface area contributed by atoms with E-state index in [1.165, 1.54) is 36.4 Å². The van der Waals surface area contributed by atoms with Crippen LogP contribution in [-0.4, -0.2) is 16.7 Å². The van der Waals surface area contributed by atoms with Crippen LogP contribution in [0.15, 0.2) is 60.2 Å². The van der Waals surface area contributed by atoms with Crippen molar-refractivity contribution >= 4 is 5.78 Å². The number of carbonyl (C=O) groups excluding carboxylic acids is 1. The molecule has 0 N–H and O–H groups in total. The van der Waals surface area contributed by atoms with Gasteiger partial charge in [-0.05, 0) is 42.0 Å². The fourth-order valence-electron chi connectivity index (χ4n) is 1.79. The molecule has 0 amide bonds. The lowest BCUT2D eigenvalue weighted by Crippen LogP contribution is -2.17. The van der Waals surface area contributed by atoms with Gasteiger partial charge in [0.15, 0.2) is 5.78 Å². The Balaban J connectivity index is 2.00. The van der Waals surface area contributed by atoms with E-state index in [1.807, 2.05) is 0 Å². The van der Waals surface area contributed by atoms with Crippen LogP contribution in [0.2, 0.25) is 0 Å². The first-order valence-electron chi connectivity index (χ1n) is 6.06. The maximum Gasteiger partial charge on any atom is 0.235 e. The van der Waals surface area contributed by atoms with Gasteiger partial charge >= 0.3 is 0 Å². The first-order chi connectivity index (χ1) is 9.56. The topological polar surface area (TPSA) is 60.2 Å². The van der Waals surface area contributed by atoms with Crippen LogP contribution in [0.25, 0.3) is 0 Å². The van der Waals surface area contributed by atoms with E-state index in [2.05, 4.69) is 0 Å². The SMILES string of the molecule is O=C(/C=C/C1=CCC([N+](=O)[O-])C=C1)c1ccc(F)cc1. The maximum atomic E-state index is 12.7. The van der Waals surface area contributed by atoms with Gasteiger partial charge in [-0.25, -0.2) is 4.39 Å². The van der Waals surface area contributed by atoms with E-state index in [0.29, 0.717) is 12.0 Å². The van der Waals surface area contributed by atoms with E-state index < -0.39 is 11.9 Å². The molecular weight excluding hydrogens is 261 g/mol. The van der Waals surface area contributed by atoms with E-state index in [0.717, 1.165) is 5.57 Å². The summed E-state index contributed by atoms with van der Waals surface area (Å²) < 4.78 is 12.7. The van der Waals surface area contributed by atoms with Crippen LogP contribution in [0, 0.1) is 15.9 Å². The molecule has 1 aliphatic rings. The van der Waals surface area contributed by atoms with Gasteiger partial charge in [0.05, 0.1) is 0 Å². The lowest BCUT2D eigenvalue weighted by atomic mass is 10.0. The van der Waals surface area contributed by atoms with Crippen molar-refractivity contribution in [2.24, 2.45) is 0 Å². The number of halogens is 1. The van der Waals surface area contributed by atoms with Crippen LogP contribution in [0.3, 0.4) is 0 Å². The van der Waals surface area contributed by atoms with Gasteiger partial charge in [0.1, 0.15) is 5.82 Å². The summed E-state index contributed by atoms with van der Waals surface area (Å²) in [7, 11) is 0. The van der Waals surface area contributed by atoms with Crippen molar-refractivity contribution in [3.05, 3.63) is 81.7 Å². The summed E-state index contributed by atoms with van der Waals surface area (Å²) in [4.78, 5) is 22.0. The number of nitro groups is 1. The minimum Gasteiger partial charge on any atom is -0.289 e. The second kappa shape index (κ2) is 6.06. The maximum absolute atomic E-state index is 12.7. The molecule has 20 heavy (non-hydrogen) atoms. The summed E-state index contributed by atoms with van der Waals surface area (Å²) in [6.07, 6.45) is 8.11. The van der Waals surface area contributed by atoms with Gasteiger partial charge in [-0.2, -0.15) is 0 Å². The predicted octanol–water partition coefficient (Wildman–Crippen LogP) is 3.10. The second-order valence-electron chi connectivity index (χ2n) is 4.36. The van der Waals surface area contributed by atoms with Crippen LogP contribution in [0.5, 0.6) is 0 Å². The molecule has 102 valence electrons. The summed E-state index contributed by atoms with van der Waals surface area (Å²) in [5, 5.41) is 10.6. The van der Waals surface area contributed by atoms with Crippen molar-refractivity contribution in [1.82, 2.24) is 0 Å². The fraction of sp³-hybridized carbons (Fsp3) is 0.133. The van der Waals surface area contributed by atoms with E-state index in [9.17, 15) is 19.3 Å². The number of allylic oxidation sites excluding steroid dienone is 4. The summed E-state index contributed by atoms with van der Waals surface area (Å²) in [6, 6.07) is 4.58. The van der Waals surface area contributed by atoms with Gasteiger partial charge < -0.3 is 0 Å². The Morgan fingerprint density at radius 2 is 2.05 bits per heavy atom. The number of nitrogens with zero attached hydrogens (tertiary/aromatic N) is 1. The van der Waals surface area contributed by atoms with Crippen molar-refractivity contribution in [1.29, 1.82) is 0 Å². The Bertz CT molecular complexity index is 615. The Hall–Kier alpha value is -2.56. The molecule has 0 aliphatic heterocycles. The molecule has 1 atom stereocenters. The zero-order chi connectivity index (χ0) is 14.5. The van der Waals surface area contributed by atoms with Gasteiger partial charge in [-0.3, -0.25) is 14.9 Å². The zero-order valence-electron chi connectivity index (χ0n) is 10.5. The molecule has 1 aromatic carbocycles. The highest BCUT2D eigenvalue weighted by molar-refractivity contribution is 6.04. The first kappa shape index (κ1) is 13.9. The molecule has 1 aliphatic carbocycles. The van der Waals surface area contributed by atoms with E-state index in [4.69, 9.17) is 0 Å². The number of hydrogen-bond acceptors (Lipinski definition) is 3. The molecule has 0 heterocycles. The van der Waals surface area contributed by atoms with Crippen LogP contribution in [0.4, 0.5) is 4.39 Å². The van der Waals surface area contributed by atoms with Gasteiger partial charge in [0.25, 0.3) is 0 Å². The molecule has 0 saturated heterocycles. The minimum absolute atomic E-state index is 0.240. The monoisotopic (exact) mass is 273 g/mol. The summed E-state index contributed by atoms with van der Waals surface area (Å²) >= 11 is 0. The van der Waals surface area contributed by atoms with E-state index >= 15 is 0 Å². The summed E-state index contributed by atoms with van der Waals surface area (Å²) in [5.74, 6) is -0.634. The highest BCUT2D eigenvalue weighted by Crippen LogP contribution is 2.14. The summed E-state index contributed by atoms with van der Waals surface area (Å²) in [5.41, 5.74) is 1.14. The molecule has 0 fully saturated rings. The van der Waals surface area contributed by atoms with Crippen molar-refractivity contribution in [3.8, 4) is 0 Å². The third-order valence-corrected chi connectivity index (χ3v) is 2.93. The predicted molar refractivity (Wildman–Crippen MR) is 72.5 cm³/mol. The van der Waals surface area contributed by atoms with Crippen LogP contribution >= 0.6 is 0 Å². The largest absolute Gasteiger partial charge is 0.289 e. The Morgan fingerprint density at radius 3 is 2.60 bits per heavy atom.